The number of aliphatic hydroxyl groups excluding tert-OH is 1. The molecule has 0 unspecified atom stereocenters. The van der Waals surface area contributed by atoms with Gasteiger partial charge in [0, 0.05) is 25.6 Å². The van der Waals surface area contributed by atoms with Gasteiger partial charge in [-0.25, -0.2) is 4.79 Å². The predicted octanol–water partition coefficient (Wildman–Crippen LogP) is 3.64. The van der Waals surface area contributed by atoms with Crippen LogP contribution < -0.4 is 0 Å². The molecular weight excluding hydrogens is 302 g/mol. The van der Waals surface area contributed by atoms with Gasteiger partial charge in [0.25, 0.3) is 0 Å². The molecule has 0 radical (unpaired) electrons. The molecule has 1 aliphatic carbocycles. The lowest BCUT2D eigenvalue weighted by Gasteiger charge is -2.24. The van der Waals surface area contributed by atoms with Crippen LogP contribution in [0.3, 0.4) is 0 Å². The zero-order valence-corrected chi connectivity index (χ0v) is 14.1. The molecule has 3 rings (SSSR count). The van der Waals surface area contributed by atoms with E-state index in [0.29, 0.717) is 13.0 Å². The smallest absolute Gasteiger partial charge is 0.409 e. The predicted molar refractivity (Wildman–Crippen MR) is 94.0 cm³/mol. The molecule has 4 heteroatoms. The number of carbonyl (C=O) groups excluding carboxylic acids is 1. The molecule has 0 fully saturated rings. The highest BCUT2D eigenvalue weighted by atomic mass is 16.6. The second-order valence-electron chi connectivity index (χ2n) is 6.28. The van der Waals surface area contributed by atoms with Gasteiger partial charge in [-0.1, -0.05) is 48.5 Å². The Morgan fingerprint density at radius 3 is 2.21 bits per heavy atom. The summed E-state index contributed by atoms with van der Waals surface area (Å²) in [6, 6.07) is 16.5. The fourth-order valence-corrected chi connectivity index (χ4v) is 3.26. The largest absolute Gasteiger partial charge is 0.448 e. The number of ether oxygens (including phenoxy) is 1. The summed E-state index contributed by atoms with van der Waals surface area (Å²) in [6.07, 6.45) is 0.193. The molecule has 1 amide bonds. The number of benzene rings is 2. The van der Waals surface area contributed by atoms with Crippen molar-refractivity contribution >= 4 is 6.09 Å². The highest BCUT2D eigenvalue weighted by Crippen LogP contribution is 2.44. The van der Waals surface area contributed by atoms with E-state index in [1.807, 2.05) is 31.2 Å². The molecule has 2 aromatic carbocycles. The molecule has 24 heavy (non-hydrogen) atoms. The Morgan fingerprint density at radius 1 is 1.12 bits per heavy atom. The van der Waals surface area contributed by atoms with E-state index >= 15 is 0 Å². The first-order valence-electron chi connectivity index (χ1n) is 8.32. The Kier molecular flexibility index (Phi) is 4.86. The van der Waals surface area contributed by atoms with Gasteiger partial charge in [0.2, 0.25) is 0 Å². The quantitative estimate of drug-likeness (QED) is 0.913. The fourth-order valence-electron chi connectivity index (χ4n) is 3.26. The molecule has 0 saturated heterocycles. The minimum absolute atomic E-state index is 0.0503. The highest BCUT2D eigenvalue weighted by Gasteiger charge is 2.29. The van der Waals surface area contributed by atoms with Gasteiger partial charge in [-0.3, -0.25) is 0 Å². The summed E-state index contributed by atoms with van der Waals surface area (Å²) < 4.78 is 5.57. The van der Waals surface area contributed by atoms with Crippen molar-refractivity contribution in [1.29, 1.82) is 0 Å². The maximum atomic E-state index is 12.3. The molecule has 0 saturated carbocycles. The number of aliphatic hydroxyl groups is 1. The Hall–Kier alpha value is -2.33. The summed E-state index contributed by atoms with van der Waals surface area (Å²) >= 11 is 0. The molecule has 0 bridgehead atoms. The van der Waals surface area contributed by atoms with Crippen LogP contribution in [0.4, 0.5) is 4.79 Å². The van der Waals surface area contributed by atoms with Crippen molar-refractivity contribution in [3.8, 4) is 11.1 Å². The van der Waals surface area contributed by atoms with Gasteiger partial charge in [0.05, 0.1) is 0 Å². The standard InChI is InChI=1S/C20H23NO3/c1-14(11-12-22)21(2)20(23)24-13-19-17-9-5-3-7-15(17)16-8-4-6-10-18(16)19/h3-10,14,19,22H,11-13H2,1-2H3/t14-/m1/s1. The van der Waals surface area contributed by atoms with Crippen LogP contribution in [0.1, 0.15) is 30.4 Å². The van der Waals surface area contributed by atoms with Gasteiger partial charge in [-0.15, -0.1) is 0 Å². The molecule has 0 aromatic heterocycles. The van der Waals surface area contributed by atoms with E-state index < -0.39 is 0 Å². The number of rotatable bonds is 5. The molecule has 126 valence electrons. The Morgan fingerprint density at radius 2 is 1.67 bits per heavy atom. The number of nitrogens with zero attached hydrogens (tertiary/aromatic N) is 1. The first kappa shape index (κ1) is 16.5. The van der Waals surface area contributed by atoms with E-state index in [1.54, 1.807) is 11.9 Å². The summed E-state index contributed by atoms with van der Waals surface area (Å²) in [6.45, 7) is 2.28. The average Bonchev–Trinajstić information content (AvgIpc) is 2.93. The minimum Gasteiger partial charge on any atom is -0.448 e. The molecule has 2 aromatic rings. The van der Waals surface area contributed by atoms with E-state index in [2.05, 4.69) is 24.3 Å². The van der Waals surface area contributed by atoms with E-state index in [1.165, 1.54) is 22.3 Å². The molecule has 1 aliphatic rings. The topological polar surface area (TPSA) is 49.8 Å². The molecule has 0 aliphatic heterocycles. The Balaban J connectivity index is 1.75. The maximum absolute atomic E-state index is 12.3. The van der Waals surface area contributed by atoms with Gasteiger partial charge in [0.15, 0.2) is 0 Å². The number of hydrogen-bond donors (Lipinski definition) is 1. The summed E-state index contributed by atoms with van der Waals surface area (Å²) in [5.41, 5.74) is 4.85. The monoisotopic (exact) mass is 325 g/mol. The summed E-state index contributed by atoms with van der Waals surface area (Å²) in [7, 11) is 1.71. The Bertz CT molecular complexity index is 683. The number of fused-ring (bicyclic) bond motifs is 3. The molecule has 0 spiro atoms. The van der Waals surface area contributed by atoms with E-state index in [4.69, 9.17) is 9.84 Å². The van der Waals surface area contributed by atoms with Crippen LogP contribution in [0.5, 0.6) is 0 Å². The molecule has 4 nitrogen and oxygen atoms in total. The number of hydrogen-bond acceptors (Lipinski definition) is 3. The SMILES string of the molecule is C[C@H](CCO)N(C)C(=O)OCC1c2ccccc2-c2ccccc21. The third-order valence-electron chi connectivity index (χ3n) is 4.83. The van der Waals surface area contributed by atoms with Gasteiger partial charge >= 0.3 is 6.09 Å². The third-order valence-corrected chi connectivity index (χ3v) is 4.83. The maximum Gasteiger partial charge on any atom is 0.409 e. The van der Waals surface area contributed by atoms with Crippen LogP contribution in [0.25, 0.3) is 11.1 Å². The van der Waals surface area contributed by atoms with E-state index in [0.717, 1.165) is 0 Å². The lowest BCUT2D eigenvalue weighted by Crippen LogP contribution is -2.36. The van der Waals surface area contributed by atoms with Crippen LogP contribution in [-0.2, 0) is 4.74 Å². The van der Waals surface area contributed by atoms with Crippen molar-refractivity contribution in [3.63, 3.8) is 0 Å². The lowest BCUT2D eigenvalue weighted by atomic mass is 9.98. The first-order valence-corrected chi connectivity index (χ1v) is 8.32. The van der Waals surface area contributed by atoms with Gasteiger partial charge in [0.1, 0.15) is 6.61 Å². The van der Waals surface area contributed by atoms with Crippen LogP contribution in [0.15, 0.2) is 48.5 Å². The van der Waals surface area contributed by atoms with Crippen molar-refractivity contribution < 1.29 is 14.6 Å². The molecule has 1 atom stereocenters. The summed E-state index contributed by atoms with van der Waals surface area (Å²) in [5.74, 6) is 0.0721. The van der Waals surface area contributed by atoms with Gasteiger partial charge < -0.3 is 14.7 Å². The highest BCUT2D eigenvalue weighted by molar-refractivity contribution is 5.79. The molecular formula is C20H23NO3. The Labute approximate surface area is 142 Å². The second kappa shape index (κ2) is 7.05. The van der Waals surface area contributed by atoms with Crippen molar-refractivity contribution in [2.45, 2.75) is 25.3 Å². The average molecular weight is 325 g/mol. The number of carbonyl (C=O) groups is 1. The van der Waals surface area contributed by atoms with E-state index in [9.17, 15) is 4.79 Å². The summed E-state index contributed by atoms with van der Waals surface area (Å²) in [5, 5.41) is 9.01. The van der Waals surface area contributed by atoms with Crippen molar-refractivity contribution in [2.24, 2.45) is 0 Å². The lowest BCUT2D eigenvalue weighted by molar-refractivity contribution is 0.0920. The van der Waals surface area contributed by atoms with Crippen molar-refractivity contribution in [1.82, 2.24) is 4.90 Å². The fraction of sp³-hybridized carbons (Fsp3) is 0.350. The second-order valence-corrected chi connectivity index (χ2v) is 6.28. The van der Waals surface area contributed by atoms with Crippen LogP contribution in [-0.4, -0.2) is 42.4 Å². The minimum atomic E-state index is -0.349. The number of amides is 1. The molecule has 1 N–H and O–H groups in total. The molecule has 0 heterocycles. The zero-order chi connectivity index (χ0) is 17.1. The summed E-state index contributed by atoms with van der Waals surface area (Å²) in [4.78, 5) is 13.8. The zero-order valence-electron chi connectivity index (χ0n) is 14.1. The van der Waals surface area contributed by atoms with Crippen molar-refractivity contribution in [3.05, 3.63) is 59.7 Å². The van der Waals surface area contributed by atoms with E-state index in [-0.39, 0.29) is 24.7 Å². The van der Waals surface area contributed by atoms with Gasteiger partial charge in [-0.2, -0.15) is 0 Å². The normalized spacial score (nSPS) is 14.0. The van der Waals surface area contributed by atoms with Gasteiger partial charge in [-0.05, 0) is 35.6 Å². The van der Waals surface area contributed by atoms with Crippen LogP contribution in [0.2, 0.25) is 0 Å². The first-order chi connectivity index (χ1) is 11.6. The third kappa shape index (κ3) is 3.02. The van der Waals surface area contributed by atoms with Crippen molar-refractivity contribution in [2.75, 3.05) is 20.3 Å². The van der Waals surface area contributed by atoms with Crippen LogP contribution in [0, 0.1) is 0 Å². The van der Waals surface area contributed by atoms with Crippen LogP contribution >= 0.6 is 0 Å².